The molecule has 0 radical (unpaired) electrons. The van der Waals surface area contributed by atoms with Crippen molar-refractivity contribution in [2.45, 2.75) is 52.0 Å². The molecule has 0 aromatic heterocycles. The number of hydrogen-bond donors (Lipinski definition) is 1. The van der Waals surface area contributed by atoms with Crippen LogP contribution in [0.3, 0.4) is 0 Å². The molecule has 1 aliphatic heterocycles. The van der Waals surface area contributed by atoms with E-state index in [0.717, 1.165) is 25.8 Å². The maximum Gasteiger partial charge on any atom is 0.139 e. The molecular formula is C26H31N3O. The maximum absolute atomic E-state index is 9.43. The van der Waals surface area contributed by atoms with Gasteiger partial charge in [0.1, 0.15) is 24.0 Å². The van der Waals surface area contributed by atoms with Crippen molar-refractivity contribution >= 4 is 11.8 Å². The summed E-state index contributed by atoms with van der Waals surface area (Å²) in [5, 5.41) is 9.43. The van der Waals surface area contributed by atoms with Crippen molar-refractivity contribution in [2.75, 3.05) is 18.9 Å². The lowest BCUT2D eigenvalue weighted by Gasteiger charge is -2.34. The highest BCUT2D eigenvalue weighted by atomic mass is 16.5. The van der Waals surface area contributed by atoms with Gasteiger partial charge in [0, 0.05) is 18.2 Å². The van der Waals surface area contributed by atoms with E-state index in [-0.39, 0.29) is 5.41 Å². The lowest BCUT2D eigenvalue weighted by atomic mass is 9.81. The van der Waals surface area contributed by atoms with E-state index in [2.05, 4.69) is 62.1 Å². The smallest absolute Gasteiger partial charge is 0.139 e. The molecule has 0 saturated carbocycles. The van der Waals surface area contributed by atoms with Crippen molar-refractivity contribution in [2.24, 2.45) is 5.41 Å². The van der Waals surface area contributed by atoms with Crippen LogP contribution in [0.5, 0.6) is 5.75 Å². The van der Waals surface area contributed by atoms with Crippen LogP contribution in [0.25, 0.3) is 6.08 Å². The van der Waals surface area contributed by atoms with Crippen molar-refractivity contribution in [3.63, 3.8) is 0 Å². The first kappa shape index (κ1) is 20.3. The molecule has 1 aliphatic carbocycles. The summed E-state index contributed by atoms with van der Waals surface area (Å²) in [6, 6.07) is 16.7. The Labute approximate surface area is 180 Å². The Bertz CT molecular complexity index is 996. The Morgan fingerprint density at radius 1 is 1.17 bits per heavy atom. The predicted octanol–water partition coefficient (Wildman–Crippen LogP) is 5.56. The summed E-state index contributed by atoms with van der Waals surface area (Å²) in [4.78, 5) is 2.55. The van der Waals surface area contributed by atoms with Crippen molar-refractivity contribution < 1.29 is 4.74 Å². The number of fused-ring (bicyclic) bond motifs is 1. The van der Waals surface area contributed by atoms with Gasteiger partial charge in [-0.3, -0.25) is 0 Å². The Morgan fingerprint density at radius 3 is 2.73 bits per heavy atom. The molecule has 2 aliphatic rings. The van der Waals surface area contributed by atoms with Gasteiger partial charge in [-0.2, -0.15) is 5.26 Å². The van der Waals surface area contributed by atoms with E-state index in [9.17, 15) is 5.26 Å². The molecule has 1 fully saturated rings. The highest BCUT2D eigenvalue weighted by Crippen LogP contribution is 2.46. The van der Waals surface area contributed by atoms with Gasteiger partial charge in [0.2, 0.25) is 0 Å². The van der Waals surface area contributed by atoms with Crippen LogP contribution in [0.4, 0.5) is 5.69 Å². The first-order valence-electron chi connectivity index (χ1n) is 10.9. The third-order valence-electron chi connectivity index (χ3n) is 6.16. The van der Waals surface area contributed by atoms with Crippen LogP contribution in [0.1, 0.15) is 62.6 Å². The minimum Gasteiger partial charge on any atom is -0.490 e. The molecule has 4 rings (SSSR count). The van der Waals surface area contributed by atoms with Crippen molar-refractivity contribution in [1.29, 1.82) is 5.26 Å². The van der Waals surface area contributed by atoms with Crippen LogP contribution in [-0.4, -0.2) is 24.1 Å². The summed E-state index contributed by atoms with van der Waals surface area (Å²) in [5.74, 6) is 1.00. The number of nitrogens with zero attached hydrogens (tertiary/aromatic N) is 2. The molecule has 1 saturated heterocycles. The van der Waals surface area contributed by atoms with Gasteiger partial charge < -0.3 is 15.4 Å². The SMILES string of the molecule is CC(C)(C)CC1C(N2CCC[C@@H]2COc2cccc(N)c2C#N)=Cc2ccccc21. The maximum atomic E-state index is 9.43. The highest BCUT2D eigenvalue weighted by Gasteiger charge is 2.36. The highest BCUT2D eigenvalue weighted by molar-refractivity contribution is 5.66. The zero-order valence-electron chi connectivity index (χ0n) is 18.2. The van der Waals surface area contributed by atoms with Crippen LogP contribution in [-0.2, 0) is 0 Å². The van der Waals surface area contributed by atoms with Gasteiger partial charge in [-0.15, -0.1) is 0 Å². The third-order valence-corrected chi connectivity index (χ3v) is 6.16. The minimum atomic E-state index is 0.246. The van der Waals surface area contributed by atoms with E-state index in [0.29, 0.717) is 35.6 Å². The Hall–Kier alpha value is -2.93. The second kappa shape index (κ2) is 8.07. The van der Waals surface area contributed by atoms with Gasteiger partial charge >= 0.3 is 0 Å². The number of ether oxygens (including phenoxy) is 1. The number of anilines is 1. The molecule has 2 aromatic rings. The summed E-state index contributed by atoms with van der Waals surface area (Å²) in [6.45, 7) is 8.57. The molecule has 4 nitrogen and oxygen atoms in total. The molecule has 2 N–H and O–H groups in total. The summed E-state index contributed by atoms with van der Waals surface area (Å²) in [5.41, 5.74) is 11.3. The van der Waals surface area contributed by atoms with Crippen LogP contribution in [0, 0.1) is 16.7 Å². The number of nitriles is 1. The molecule has 2 aromatic carbocycles. The number of rotatable bonds is 5. The second-order valence-corrected chi connectivity index (χ2v) is 9.65. The molecule has 0 amide bonds. The number of hydrogen-bond acceptors (Lipinski definition) is 4. The molecule has 156 valence electrons. The van der Waals surface area contributed by atoms with Crippen molar-refractivity contribution in [3.8, 4) is 11.8 Å². The van der Waals surface area contributed by atoms with E-state index in [1.165, 1.54) is 16.8 Å². The molecule has 1 unspecified atom stereocenters. The normalized spacial score (nSPS) is 20.6. The van der Waals surface area contributed by atoms with E-state index in [1.54, 1.807) is 6.07 Å². The number of likely N-dealkylation sites (tertiary alicyclic amines) is 1. The fraction of sp³-hybridized carbons (Fsp3) is 0.423. The average Bonchev–Trinajstić information content (AvgIpc) is 3.30. The topological polar surface area (TPSA) is 62.3 Å². The zero-order valence-corrected chi connectivity index (χ0v) is 18.2. The van der Waals surface area contributed by atoms with E-state index in [4.69, 9.17) is 10.5 Å². The third kappa shape index (κ3) is 4.03. The van der Waals surface area contributed by atoms with Crippen LogP contribution in [0.2, 0.25) is 0 Å². The molecule has 30 heavy (non-hydrogen) atoms. The minimum absolute atomic E-state index is 0.246. The summed E-state index contributed by atoms with van der Waals surface area (Å²) >= 11 is 0. The summed E-state index contributed by atoms with van der Waals surface area (Å²) in [7, 11) is 0. The largest absolute Gasteiger partial charge is 0.490 e. The summed E-state index contributed by atoms with van der Waals surface area (Å²) in [6.07, 6.45) is 5.76. The molecule has 0 spiro atoms. The fourth-order valence-electron chi connectivity index (χ4n) is 4.81. The van der Waals surface area contributed by atoms with Crippen LogP contribution >= 0.6 is 0 Å². The number of nitrogen functional groups attached to an aromatic ring is 1. The van der Waals surface area contributed by atoms with E-state index in [1.807, 2.05) is 12.1 Å². The van der Waals surface area contributed by atoms with Gasteiger partial charge in [-0.1, -0.05) is 51.1 Å². The lowest BCUT2D eigenvalue weighted by Crippen LogP contribution is -2.35. The predicted molar refractivity (Wildman–Crippen MR) is 122 cm³/mol. The molecule has 1 heterocycles. The van der Waals surface area contributed by atoms with Crippen LogP contribution < -0.4 is 10.5 Å². The Balaban J connectivity index is 1.56. The number of allylic oxidation sites excluding steroid dienone is 1. The van der Waals surface area contributed by atoms with Gasteiger partial charge in [-0.05, 0) is 54.0 Å². The standard InChI is InChI=1S/C26H31N3O/c1-26(2,3)15-21-20-10-5-4-8-18(20)14-24(21)29-13-7-9-19(29)17-30-25-12-6-11-23(28)22(25)16-27/h4-6,8,10-12,14,19,21H,7,9,13,15,17,28H2,1-3H3/t19-,21?/m1/s1. The Kier molecular flexibility index (Phi) is 5.47. The zero-order chi connectivity index (χ0) is 21.3. The van der Waals surface area contributed by atoms with E-state index < -0.39 is 0 Å². The first-order valence-corrected chi connectivity index (χ1v) is 10.9. The number of nitrogens with two attached hydrogens (primary N) is 1. The molecule has 4 heteroatoms. The first-order chi connectivity index (χ1) is 14.4. The molecular weight excluding hydrogens is 370 g/mol. The lowest BCUT2D eigenvalue weighted by molar-refractivity contribution is 0.192. The summed E-state index contributed by atoms with van der Waals surface area (Å²) < 4.78 is 6.12. The Morgan fingerprint density at radius 2 is 1.97 bits per heavy atom. The van der Waals surface area contributed by atoms with Crippen molar-refractivity contribution in [1.82, 2.24) is 4.90 Å². The van der Waals surface area contributed by atoms with Gasteiger partial charge in [-0.25, -0.2) is 0 Å². The molecule has 2 atom stereocenters. The fourth-order valence-corrected chi connectivity index (χ4v) is 4.81. The number of benzene rings is 2. The molecule has 0 bridgehead atoms. The second-order valence-electron chi connectivity index (χ2n) is 9.65. The van der Waals surface area contributed by atoms with Crippen LogP contribution in [0.15, 0.2) is 48.2 Å². The van der Waals surface area contributed by atoms with Gasteiger partial charge in [0.25, 0.3) is 0 Å². The monoisotopic (exact) mass is 401 g/mol. The van der Waals surface area contributed by atoms with Crippen molar-refractivity contribution in [3.05, 3.63) is 64.9 Å². The average molecular weight is 402 g/mol. The quantitative estimate of drug-likeness (QED) is 0.667. The van der Waals surface area contributed by atoms with Gasteiger partial charge in [0.15, 0.2) is 0 Å². The van der Waals surface area contributed by atoms with Gasteiger partial charge in [0.05, 0.1) is 11.7 Å². The van der Waals surface area contributed by atoms with E-state index >= 15 is 0 Å².